The highest BCUT2D eigenvalue weighted by Gasteiger charge is 2.46. The van der Waals surface area contributed by atoms with Crippen LogP contribution in [0.5, 0.6) is 0 Å². The molecule has 0 saturated heterocycles. The van der Waals surface area contributed by atoms with Gasteiger partial charge >= 0.3 is 5.97 Å². The number of hydrogen-bond donors (Lipinski definition) is 2. The molecule has 2 atom stereocenters. The minimum atomic E-state index is -1.21. The summed E-state index contributed by atoms with van der Waals surface area (Å²) in [6.45, 7) is 2.58. The molecule has 1 aromatic rings. The minimum Gasteiger partial charge on any atom is -0.503 e. The van der Waals surface area contributed by atoms with Crippen LogP contribution in [0.3, 0.4) is 0 Å². The van der Waals surface area contributed by atoms with E-state index >= 15 is 0 Å². The highest BCUT2D eigenvalue weighted by atomic mass is 16.4. The largest absolute Gasteiger partial charge is 0.503 e. The van der Waals surface area contributed by atoms with Crippen LogP contribution in [-0.4, -0.2) is 38.8 Å². The van der Waals surface area contributed by atoms with Gasteiger partial charge in [-0.1, -0.05) is 30.3 Å². The number of benzene rings is 1. The van der Waals surface area contributed by atoms with E-state index in [1.807, 2.05) is 0 Å². The maximum absolute atomic E-state index is 12.2. The molecule has 0 saturated carbocycles. The molecule has 0 aromatic heterocycles. The first kappa shape index (κ1) is 14.8. The standard InChI is InChI=1S/C15H15NO5/c1-8(15(20)21)16-12(10-6-4-3-5-7-10)11(9(2)17)13(18)14(16)19/h3-8,12,18H,1-2H3,(H,20,21)/t8-,12-/m0/s1. The maximum atomic E-state index is 12.2. The first-order chi connectivity index (χ1) is 9.86. The average molecular weight is 289 g/mol. The van der Waals surface area contributed by atoms with Gasteiger partial charge in [0.15, 0.2) is 11.5 Å². The SMILES string of the molecule is CC(=O)C1=C(O)C(=O)N([C@@H](C)C(=O)O)[C@H]1c1ccccc1. The Labute approximate surface area is 121 Å². The number of amides is 1. The van der Waals surface area contributed by atoms with E-state index in [9.17, 15) is 19.5 Å². The second-order valence-corrected chi connectivity index (χ2v) is 4.86. The van der Waals surface area contributed by atoms with Gasteiger partial charge in [0.1, 0.15) is 6.04 Å². The third-order valence-corrected chi connectivity index (χ3v) is 3.51. The van der Waals surface area contributed by atoms with Crippen LogP contribution in [-0.2, 0) is 14.4 Å². The predicted molar refractivity (Wildman–Crippen MR) is 73.5 cm³/mol. The second kappa shape index (κ2) is 5.40. The summed E-state index contributed by atoms with van der Waals surface area (Å²) in [5, 5.41) is 19.1. The van der Waals surface area contributed by atoms with Gasteiger partial charge in [0.2, 0.25) is 0 Å². The molecule has 1 aromatic carbocycles. The summed E-state index contributed by atoms with van der Waals surface area (Å²) < 4.78 is 0. The Morgan fingerprint density at radius 2 is 1.81 bits per heavy atom. The van der Waals surface area contributed by atoms with E-state index in [-0.39, 0.29) is 5.57 Å². The van der Waals surface area contributed by atoms with Gasteiger partial charge in [-0.05, 0) is 19.4 Å². The fourth-order valence-corrected chi connectivity index (χ4v) is 2.46. The van der Waals surface area contributed by atoms with Crippen LogP contribution in [0.1, 0.15) is 25.5 Å². The van der Waals surface area contributed by atoms with Crippen LogP contribution < -0.4 is 0 Å². The molecule has 1 aliphatic heterocycles. The number of ketones is 1. The first-order valence-electron chi connectivity index (χ1n) is 6.40. The zero-order valence-electron chi connectivity index (χ0n) is 11.6. The first-order valence-corrected chi connectivity index (χ1v) is 6.40. The van der Waals surface area contributed by atoms with E-state index in [1.165, 1.54) is 13.8 Å². The monoisotopic (exact) mass is 289 g/mol. The van der Waals surface area contributed by atoms with Gasteiger partial charge in [-0.3, -0.25) is 9.59 Å². The number of carboxylic acids is 1. The highest BCUT2D eigenvalue weighted by molar-refractivity contribution is 6.09. The number of aliphatic hydroxyl groups is 1. The number of carbonyl (C=O) groups excluding carboxylic acids is 2. The Kier molecular flexibility index (Phi) is 3.80. The number of carbonyl (C=O) groups is 3. The fraction of sp³-hybridized carbons (Fsp3) is 0.267. The van der Waals surface area contributed by atoms with E-state index < -0.39 is 35.5 Å². The lowest BCUT2D eigenvalue weighted by Crippen LogP contribution is -2.43. The summed E-state index contributed by atoms with van der Waals surface area (Å²) in [5.41, 5.74) is 0.507. The third kappa shape index (κ3) is 2.40. The normalized spacial score (nSPS) is 19.8. The van der Waals surface area contributed by atoms with Crippen LogP contribution >= 0.6 is 0 Å². The van der Waals surface area contributed by atoms with Crippen molar-refractivity contribution in [2.24, 2.45) is 0 Å². The average Bonchev–Trinajstić information content (AvgIpc) is 2.71. The smallest absolute Gasteiger partial charge is 0.326 e. The Balaban J connectivity index is 2.59. The van der Waals surface area contributed by atoms with Crippen molar-refractivity contribution in [1.29, 1.82) is 0 Å². The molecule has 2 N–H and O–H groups in total. The number of rotatable bonds is 4. The van der Waals surface area contributed by atoms with E-state index in [4.69, 9.17) is 5.11 Å². The van der Waals surface area contributed by atoms with Crippen molar-refractivity contribution in [3.63, 3.8) is 0 Å². The van der Waals surface area contributed by atoms with E-state index in [1.54, 1.807) is 30.3 Å². The molecule has 1 heterocycles. The molecule has 0 unspecified atom stereocenters. The van der Waals surface area contributed by atoms with Crippen LogP contribution in [0, 0.1) is 0 Å². The molecule has 2 rings (SSSR count). The van der Waals surface area contributed by atoms with Crippen molar-refractivity contribution in [3.8, 4) is 0 Å². The molecule has 0 spiro atoms. The van der Waals surface area contributed by atoms with Gasteiger partial charge in [0.05, 0.1) is 11.6 Å². The number of hydrogen-bond acceptors (Lipinski definition) is 4. The Bertz CT molecular complexity index is 635. The van der Waals surface area contributed by atoms with Crippen molar-refractivity contribution >= 4 is 17.7 Å². The molecular formula is C15H15NO5. The van der Waals surface area contributed by atoms with E-state index in [2.05, 4.69) is 0 Å². The summed E-state index contributed by atoms with van der Waals surface area (Å²) in [4.78, 5) is 36.2. The minimum absolute atomic E-state index is 0.0701. The van der Waals surface area contributed by atoms with Crippen LogP contribution in [0.15, 0.2) is 41.7 Å². The summed E-state index contributed by atoms with van der Waals surface area (Å²) in [5.74, 6) is -3.19. The molecule has 0 aliphatic carbocycles. The maximum Gasteiger partial charge on any atom is 0.326 e. The molecule has 0 radical (unpaired) electrons. The van der Waals surface area contributed by atoms with Gasteiger partial charge in [-0.15, -0.1) is 0 Å². The summed E-state index contributed by atoms with van der Waals surface area (Å²) in [6.07, 6.45) is 0. The molecule has 6 heteroatoms. The van der Waals surface area contributed by atoms with Gasteiger partial charge in [0.25, 0.3) is 5.91 Å². The number of carboxylic acid groups (broad SMARTS) is 1. The van der Waals surface area contributed by atoms with Crippen LogP contribution in [0.25, 0.3) is 0 Å². The van der Waals surface area contributed by atoms with Gasteiger partial charge in [-0.2, -0.15) is 0 Å². The molecule has 0 fully saturated rings. The Hall–Kier alpha value is -2.63. The summed E-state index contributed by atoms with van der Waals surface area (Å²) in [6, 6.07) is 6.52. The Morgan fingerprint density at radius 3 is 2.29 bits per heavy atom. The van der Waals surface area contributed by atoms with E-state index in [0.29, 0.717) is 5.56 Å². The van der Waals surface area contributed by atoms with Crippen LogP contribution in [0.2, 0.25) is 0 Å². The third-order valence-electron chi connectivity index (χ3n) is 3.51. The molecule has 6 nitrogen and oxygen atoms in total. The molecule has 1 aliphatic rings. The highest BCUT2D eigenvalue weighted by Crippen LogP contribution is 2.38. The number of aliphatic hydroxyl groups excluding tert-OH is 1. The molecule has 110 valence electrons. The fourth-order valence-electron chi connectivity index (χ4n) is 2.46. The summed E-state index contributed by atoms with van der Waals surface area (Å²) in [7, 11) is 0. The second-order valence-electron chi connectivity index (χ2n) is 4.86. The van der Waals surface area contributed by atoms with Crippen molar-refractivity contribution in [2.75, 3.05) is 0 Å². The number of nitrogens with zero attached hydrogens (tertiary/aromatic N) is 1. The number of Topliss-reactive ketones (excluding diaryl/α,β-unsaturated/α-hetero) is 1. The lowest BCUT2D eigenvalue weighted by Gasteiger charge is -2.29. The van der Waals surface area contributed by atoms with Crippen molar-refractivity contribution in [1.82, 2.24) is 4.90 Å². The van der Waals surface area contributed by atoms with Crippen molar-refractivity contribution < 1.29 is 24.6 Å². The molecule has 1 amide bonds. The van der Waals surface area contributed by atoms with Gasteiger partial charge in [0, 0.05) is 0 Å². The summed E-state index contributed by atoms with van der Waals surface area (Å²) >= 11 is 0. The lowest BCUT2D eigenvalue weighted by atomic mass is 9.96. The zero-order valence-corrected chi connectivity index (χ0v) is 11.6. The van der Waals surface area contributed by atoms with Crippen molar-refractivity contribution in [3.05, 3.63) is 47.2 Å². The number of aliphatic carboxylic acids is 1. The van der Waals surface area contributed by atoms with E-state index in [0.717, 1.165) is 4.90 Å². The lowest BCUT2D eigenvalue weighted by molar-refractivity contribution is -0.149. The van der Waals surface area contributed by atoms with Crippen molar-refractivity contribution in [2.45, 2.75) is 25.9 Å². The molecule has 21 heavy (non-hydrogen) atoms. The van der Waals surface area contributed by atoms with Gasteiger partial charge in [-0.25, -0.2) is 4.79 Å². The molecular weight excluding hydrogens is 274 g/mol. The quantitative estimate of drug-likeness (QED) is 0.874. The predicted octanol–water partition coefficient (Wildman–Crippen LogP) is 1.44. The zero-order chi connectivity index (χ0) is 15.7. The van der Waals surface area contributed by atoms with Crippen LogP contribution in [0.4, 0.5) is 0 Å². The Morgan fingerprint density at radius 1 is 1.24 bits per heavy atom. The topological polar surface area (TPSA) is 94.9 Å². The molecule has 0 bridgehead atoms. The van der Waals surface area contributed by atoms with Gasteiger partial charge < -0.3 is 15.1 Å².